The fraction of sp³-hybridized carbons (Fsp3) is 0.263. The van der Waals surface area contributed by atoms with Gasteiger partial charge in [0.05, 0.1) is 5.52 Å². The van der Waals surface area contributed by atoms with Crippen molar-refractivity contribution >= 4 is 22.5 Å². The number of hydrogen-bond acceptors (Lipinski definition) is 2. The van der Waals surface area contributed by atoms with E-state index >= 15 is 0 Å². The first-order chi connectivity index (χ1) is 11.6. The van der Waals surface area contributed by atoms with Crippen LogP contribution in [-0.2, 0) is 20.1 Å². The standard InChI is InChI=1S/C19H20ClFN2O/c1-22-7-6-14-11-23(2)17-9-16(21)10-18(19(14)17)24-12-13-4-3-5-15(20)8-13/h3-5,8-11,22H,6-7,12H2,1-2H3. The lowest BCUT2D eigenvalue weighted by molar-refractivity contribution is 0.308. The van der Waals surface area contributed by atoms with E-state index < -0.39 is 0 Å². The lowest BCUT2D eigenvalue weighted by Crippen LogP contribution is -2.10. The highest BCUT2D eigenvalue weighted by molar-refractivity contribution is 6.30. The van der Waals surface area contributed by atoms with Crippen molar-refractivity contribution in [3.8, 4) is 5.75 Å². The fourth-order valence-electron chi connectivity index (χ4n) is 2.89. The predicted molar refractivity (Wildman–Crippen MR) is 96.3 cm³/mol. The number of aryl methyl sites for hydroxylation is 1. The second kappa shape index (κ2) is 7.24. The number of nitrogens with one attached hydrogen (secondary N) is 1. The van der Waals surface area contributed by atoms with Gasteiger partial charge in [-0.2, -0.15) is 0 Å². The number of likely N-dealkylation sites (N-methyl/N-ethyl adjacent to an activating group) is 1. The molecular formula is C19H20ClFN2O. The number of ether oxygens (including phenoxy) is 1. The van der Waals surface area contributed by atoms with E-state index in [0.29, 0.717) is 17.4 Å². The minimum Gasteiger partial charge on any atom is -0.488 e. The average molecular weight is 347 g/mol. The van der Waals surface area contributed by atoms with Crippen molar-refractivity contribution < 1.29 is 9.13 Å². The minimum absolute atomic E-state index is 0.301. The van der Waals surface area contributed by atoms with Gasteiger partial charge >= 0.3 is 0 Å². The summed E-state index contributed by atoms with van der Waals surface area (Å²) in [5.74, 6) is 0.265. The van der Waals surface area contributed by atoms with E-state index in [1.54, 1.807) is 6.07 Å². The van der Waals surface area contributed by atoms with Crippen LogP contribution < -0.4 is 10.1 Å². The summed E-state index contributed by atoms with van der Waals surface area (Å²) in [7, 11) is 3.84. The number of fused-ring (bicyclic) bond motifs is 1. The zero-order valence-corrected chi connectivity index (χ0v) is 14.5. The molecule has 0 aliphatic rings. The third-order valence-electron chi connectivity index (χ3n) is 4.02. The third-order valence-corrected chi connectivity index (χ3v) is 4.26. The van der Waals surface area contributed by atoms with Crippen LogP contribution in [-0.4, -0.2) is 18.2 Å². The van der Waals surface area contributed by atoms with Crippen molar-refractivity contribution in [2.75, 3.05) is 13.6 Å². The van der Waals surface area contributed by atoms with Gasteiger partial charge in [-0.25, -0.2) is 4.39 Å². The van der Waals surface area contributed by atoms with Gasteiger partial charge in [-0.1, -0.05) is 23.7 Å². The van der Waals surface area contributed by atoms with Crippen LogP contribution >= 0.6 is 11.6 Å². The second-order valence-corrected chi connectivity index (χ2v) is 6.27. The number of hydrogen-bond donors (Lipinski definition) is 1. The fourth-order valence-corrected chi connectivity index (χ4v) is 3.10. The Kier molecular flexibility index (Phi) is 5.07. The highest BCUT2D eigenvalue weighted by atomic mass is 35.5. The van der Waals surface area contributed by atoms with Crippen molar-refractivity contribution in [1.29, 1.82) is 0 Å². The summed E-state index contributed by atoms with van der Waals surface area (Å²) in [6, 6.07) is 10.5. The topological polar surface area (TPSA) is 26.2 Å². The van der Waals surface area contributed by atoms with E-state index in [2.05, 4.69) is 5.32 Å². The van der Waals surface area contributed by atoms with Crippen LogP contribution in [0.15, 0.2) is 42.6 Å². The molecule has 0 bridgehead atoms. The van der Waals surface area contributed by atoms with E-state index in [9.17, 15) is 4.39 Å². The number of halogens is 2. The first-order valence-electron chi connectivity index (χ1n) is 7.88. The Morgan fingerprint density at radius 2 is 2.08 bits per heavy atom. The number of nitrogens with zero attached hydrogens (tertiary/aromatic N) is 1. The summed E-state index contributed by atoms with van der Waals surface area (Å²) in [6.45, 7) is 1.20. The highest BCUT2D eigenvalue weighted by Gasteiger charge is 2.14. The number of rotatable bonds is 6. The van der Waals surface area contributed by atoms with Gasteiger partial charge in [0.25, 0.3) is 0 Å². The Hall–Kier alpha value is -2.04. The molecule has 126 valence electrons. The summed E-state index contributed by atoms with van der Waals surface area (Å²) in [5, 5.41) is 4.78. The molecule has 0 radical (unpaired) electrons. The highest BCUT2D eigenvalue weighted by Crippen LogP contribution is 2.32. The van der Waals surface area contributed by atoms with Crippen molar-refractivity contribution in [3.63, 3.8) is 0 Å². The van der Waals surface area contributed by atoms with Crippen LogP contribution in [0.4, 0.5) is 4.39 Å². The lowest BCUT2D eigenvalue weighted by atomic mass is 10.1. The molecule has 0 aliphatic carbocycles. The average Bonchev–Trinajstić information content (AvgIpc) is 2.87. The molecule has 2 aromatic carbocycles. The zero-order valence-electron chi connectivity index (χ0n) is 13.8. The molecule has 0 amide bonds. The number of benzene rings is 2. The molecule has 0 fully saturated rings. The van der Waals surface area contributed by atoms with Crippen LogP contribution in [0.3, 0.4) is 0 Å². The van der Waals surface area contributed by atoms with Gasteiger partial charge in [-0.3, -0.25) is 0 Å². The smallest absolute Gasteiger partial charge is 0.132 e. The molecule has 0 saturated carbocycles. The van der Waals surface area contributed by atoms with E-state index in [0.717, 1.165) is 35.0 Å². The zero-order chi connectivity index (χ0) is 17.1. The van der Waals surface area contributed by atoms with Gasteiger partial charge in [0.15, 0.2) is 0 Å². The van der Waals surface area contributed by atoms with Crippen LogP contribution in [0.5, 0.6) is 5.75 Å². The Labute approximate surface area is 146 Å². The molecule has 3 aromatic rings. The maximum Gasteiger partial charge on any atom is 0.132 e. The summed E-state index contributed by atoms with van der Waals surface area (Å²) in [4.78, 5) is 0. The summed E-state index contributed by atoms with van der Waals surface area (Å²) < 4.78 is 21.9. The quantitative estimate of drug-likeness (QED) is 0.719. The Morgan fingerprint density at radius 3 is 2.83 bits per heavy atom. The molecule has 5 heteroatoms. The molecule has 0 atom stereocenters. The first kappa shape index (κ1) is 16.8. The molecule has 1 N–H and O–H groups in total. The molecule has 24 heavy (non-hydrogen) atoms. The molecule has 1 aromatic heterocycles. The van der Waals surface area contributed by atoms with E-state index in [1.807, 2.05) is 49.1 Å². The molecule has 1 heterocycles. The minimum atomic E-state index is -0.301. The SMILES string of the molecule is CNCCc1cn(C)c2cc(F)cc(OCc3cccc(Cl)c3)c12. The molecule has 0 saturated heterocycles. The largest absolute Gasteiger partial charge is 0.488 e. The third kappa shape index (κ3) is 3.55. The maximum absolute atomic E-state index is 14.0. The Balaban J connectivity index is 1.96. The van der Waals surface area contributed by atoms with Gasteiger partial charge in [-0.15, -0.1) is 0 Å². The van der Waals surface area contributed by atoms with E-state index in [1.165, 1.54) is 6.07 Å². The van der Waals surface area contributed by atoms with Crippen molar-refractivity contribution in [1.82, 2.24) is 9.88 Å². The summed E-state index contributed by atoms with van der Waals surface area (Å²) in [6.07, 6.45) is 2.89. The van der Waals surface area contributed by atoms with Crippen LogP contribution in [0.2, 0.25) is 5.02 Å². The van der Waals surface area contributed by atoms with Gasteiger partial charge < -0.3 is 14.6 Å². The molecule has 3 nitrogen and oxygen atoms in total. The van der Waals surface area contributed by atoms with Crippen LogP contribution in [0, 0.1) is 5.82 Å². The normalized spacial score (nSPS) is 11.2. The van der Waals surface area contributed by atoms with E-state index in [4.69, 9.17) is 16.3 Å². The van der Waals surface area contributed by atoms with Crippen LogP contribution in [0.25, 0.3) is 10.9 Å². The maximum atomic E-state index is 14.0. The molecule has 0 unspecified atom stereocenters. The molecule has 0 spiro atoms. The Bertz CT molecular complexity index is 860. The van der Waals surface area contributed by atoms with Gasteiger partial charge in [0, 0.05) is 29.7 Å². The van der Waals surface area contributed by atoms with E-state index in [-0.39, 0.29) is 5.82 Å². The van der Waals surface area contributed by atoms with Crippen molar-refractivity contribution in [2.45, 2.75) is 13.0 Å². The Morgan fingerprint density at radius 1 is 1.25 bits per heavy atom. The molecular weight excluding hydrogens is 327 g/mol. The first-order valence-corrected chi connectivity index (χ1v) is 8.25. The van der Waals surface area contributed by atoms with Gasteiger partial charge in [-0.05, 0) is 49.3 Å². The molecule has 0 aliphatic heterocycles. The van der Waals surface area contributed by atoms with Crippen molar-refractivity contribution in [3.05, 3.63) is 64.6 Å². The predicted octanol–water partition coefficient (Wildman–Crippen LogP) is 4.31. The van der Waals surface area contributed by atoms with Crippen molar-refractivity contribution in [2.24, 2.45) is 7.05 Å². The summed E-state index contributed by atoms with van der Waals surface area (Å²) >= 11 is 6.01. The second-order valence-electron chi connectivity index (χ2n) is 5.84. The van der Waals surface area contributed by atoms with Gasteiger partial charge in [0.1, 0.15) is 18.2 Å². The monoisotopic (exact) mass is 346 g/mol. The number of aromatic nitrogens is 1. The molecule has 3 rings (SSSR count). The summed E-state index contributed by atoms with van der Waals surface area (Å²) in [5.41, 5.74) is 2.93. The van der Waals surface area contributed by atoms with Gasteiger partial charge in [0.2, 0.25) is 0 Å². The lowest BCUT2D eigenvalue weighted by Gasteiger charge is -2.10. The van der Waals surface area contributed by atoms with Crippen LogP contribution in [0.1, 0.15) is 11.1 Å².